The van der Waals surface area contributed by atoms with Gasteiger partial charge in [-0.1, -0.05) is 0 Å². The van der Waals surface area contributed by atoms with Crippen LogP contribution in [0.3, 0.4) is 0 Å². The van der Waals surface area contributed by atoms with Gasteiger partial charge >= 0.3 is 102 Å². The van der Waals surface area contributed by atoms with Crippen LogP contribution in [-0.4, -0.2) is 23.4 Å². The van der Waals surface area contributed by atoms with E-state index in [1.54, 1.807) is 0 Å². The van der Waals surface area contributed by atoms with Crippen LogP contribution in [0.15, 0.2) is 48.7 Å². The van der Waals surface area contributed by atoms with Crippen molar-refractivity contribution in [1.82, 2.24) is 4.98 Å². The van der Waals surface area contributed by atoms with Gasteiger partial charge in [-0.05, 0) is 0 Å². The average Bonchev–Trinajstić information content (AvgIpc) is 2.29. The van der Waals surface area contributed by atoms with Gasteiger partial charge in [0.1, 0.15) is 0 Å². The fraction of sp³-hybridized carbons (Fsp3) is 0.214. The molecule has 0 aliphatic heterocycles. The van der Waals surface area contributed by atoms with E-state index in [1.807, 2.05) is 12.3 Å². The van der Waals surface area contributed by atoms with Crippen LogP contribution in [-0.2, 0) is 0 Å². The van der Waals surface area contributed by atoms with Gasteiger partial charge in [0.2, 0.25) is 0 Å². The van der Waals surface area contributed by atoms with E-state index in [0.717, 1.165) is 0 Å². The van der Waals surface area contributed by atoms with Gasteiger partial charge in [-0.2, -0.15) is 0 Å². The summed E-state index contributed by atoms with van der Waals surface area (Å²) in [5.74, 6) is 0. The van der Waals surface area contributed by atoms with Gasteiger partial charge in [0.15, 0.2) is 0 Å². The molecule has 1 aromatic carbocycles. The van der Waals surface area contributed by atoms with E-state index in [2.05, 4.69) is 56.2 Å². The Labute approximate surface area is 101 Å². The number of rotatable bonds is 2. The van der Waals surface area contributed by atoms with Gasteiger partial charge in [0, 0.05) is 0 Å². The quantitative estimate of drug-likeness (QED) is 0.775. The molecule has 0 saturated carbocycles. The Bertz CT molecular complexity index is 454. The van der Waals surface area contributed by atoms with Crippen LogP contribution in [0.1, 0.15) is 0 Å². The number of benzene rings is 1. The SMILES string of the molecule is [CH3][Sn]([CH3])([CH3])[c]1ccc(-c2ccccc2)cn1. The third-order valence-corrected chi connectivity index (χ3v) is 7.87. The fourth-order valence-corrected chi connectivity index (χ4v) is 4.59. The van der Waals surface area contributed by atoms with Crippen LogP contribution in [0.25, 0.3) is 11.1 Å². The number of pyridine rings is 1. The second-order valence-electron chi connectivity index (χ2n) is 5.05. The number of hydrogen-bond donors (Lipinski definition) is 0. The Morgan fingerprint density at radius 1 is 0.812 bits per heavy atom. The molecule has 16 heavy (non-hydrogen) atoms. The molecule has 0 atom stereocenters. The molecule has 0 amide bonds. The van der Waals surface area contributed by atoms with Crippen molar-refractivity contribution in [1.29, 1.82) is 0 Å². The molecule has 0 saturated heterocycles. The van der Waals surface area contributed by atoms with Gasteiger partial charge in [-0.15, -0.1) is 0 Å². The molecule has 1 heterocycles. The minimum atomic E-state index is -1.98. The average molecular weight is 318 g/mol. The van der Waals surface area contributed by atoms with E-state index in [9.17, 15) is 0 Å². The molecule has 82 valence electrons. The number of nitrogens with zero attached hydrogens (tertiary/aromatic N) is 1. The van der Waals surface area contributed by atoms with Gasteiger partial charge in [-0.3, -0.25) is 0 Å². The van der Waals surface area contributed by atoms with Crippen molar-refractivity contribution < 1.29 is 0 Å². The molecule has 2 aromatic rings. The van der Waals surface area contributed by atoms with Crippen LogP contribution in [0.2, 0.25) is 14.8 Å². The molecule has 2 rings (SSSR count). The summed E-state index contributed by atoms with van der Waals surface area (Å²) >= 11 is -1.98. The summed E-state index contributed by atoms with van der Waals surface area (Å²) in [4.78, 5) is 11.8. The van der Waals surface area contributed by atoms with Crippen molar-refractivity contribution in [2.45, 2.75) is 14.8 Å². The van der Waals surface area contributed by atoms with Crippen LogP contribution in [0.5, 0.6) is 0 Å². The van der Waals surface area contributed by atoms with Crippen molar-refractivity contribution in [2.24, 2.45) is 0 Å². The number of aromatic nitrogens is 1. The Hall–Kier alpha value is -0.831. The van der Waals surface area contributed by atoms with Crippen molar-refractivity contribution in [3.05, 3.63) is 48.7 Å². The second-order valence-corrected chi connectivity index (χ2v) is 19.4. The zero-order valence-corrected chi connectivity index (χ0v) is 12.9. The molecule has 0 bridgehead atoms. The van der Waals surface area contributed by atoms with Gasteiger partial charge < -0.3 is 0 Å². The standard InChI is InChI=1S/C11H8N.3CH3.Sn/c1-2-5-10(6-3-1)11-7-4-8-12-9-11;;;;/h1-7,9H;3*1H3;. The third kappa shape index (κ3) is 2.64. The molecule has 1 nitrogen and oxygen atoms in total. The van der Waals surface area contributed by atoms with E-state index >= 15 is 0 Å². The first-order valence-electron chi connectivity index (χ1n) is 5.59. The second kappa shape index (κ2) is 4.58. The molecule has 1 aromatic heterocycles. The van der Waals surface area contributed by atoms with Crippen molar-refractivity contribution in [2.75, 3.05) is 0 Å². The fourth-order valence-electron chi connectivity index (χ4n) is 1.64. The van der Waals surface area contributed by atoms with Crippen molar-refractivity contribution >= 4 is 22.1 Å². The molecule has 0 aliphatic carbocycles. The maximum atomic E-state index is 4.62. The first-order valence-corrected chi connectivity index (χ1v) is 15.6. The zero-order valence-electron chi connectivity index (χ0n) is 10.1. The molecule has 2 heteroatoms. The first kappa shape index (κ1) is 11.6. The summed E-state index contributed by atoms with van der Waals surface area (Å²) in [6.07, 6.45) is 2.01. The van der Waals surface area contributed by atoms with Gasteiger partial charge in [0.05, 0.1) is 0 Å². The summed E-state index contributed by atoms with van der Waals surface area (Å²) in [6, 6.07) is 14.8. The summed E-state index contributed by atoms with van der Waals surface area (Å²) in [7, 11) is 0. The minimum absolute atomic E-state index is 1.21. The third-order valence-electron chi connectivity index (χ3n) is 2.64. The Morgan fingerprint density at radius 2 is 1.50 bits per heavy atom. The Balaban J connectivity index is 2.34. The Morgan fingerprint density at radius 3 is 2.00 bits per heavy atom. The molecule has 0 aliphatic rings. The predicted molar refractivity (Wildman–Crippen MR) is 72.7 cm³/mol. The predicted octanol–water partition coefficient (Wildman–Crippen LogP) is 3.29. The first-order chi connectivity index (χ1) is 7.57. The van der Waals surface area contributed by atoms with E-state index in [4.69, 9.17) is 0 Å². The van der Waals surface area contributed by atoms with Crippen molar-refractivity contribution in [3.63, 3.8) is 0 Å². The summed E-state index contributed by atoms with van der Waals surface area (Å²) < 4.78 is 1.34. The molecule has 0 N–H and O–H groups in total. The van der Waals surface area contributed by atoms with Crippen LogP contribution in [0, 0.1) is 0 Å². The van der Waals surface area contributed by atoms with E-state index < -0.39 is 18.4 Å². The molecule has 0 unspecified atom stereocenters. The topological polar surface area (TPSA) is 12.9 Å². The normalized spacial score (nSPS) is 11.4. The van der Waals surface area contributed by atoms with E-state index in [1.165, 1.54) is 14.8 Å². The van der Waals surface area contributed by atoms with Gasteiger partial charge in [-0.25, -0.2) is 0 Å². The summed E-state index contributed by atoms with van der Waals surface area (Å²) in [5, 5.41) is 0. The molecular formula is C14H17NSn. The summed E-state index contributed by atoms with van der Waals surface area (Å²) in [5.41, 5.74) is 2.45. The van der Waals surface area contributed by atoms with Crippen LogP contribution in [0.4, 0.5) is 0 Å². The van der Waals surface area contributed by atoms with E-state index in [-0.39, 0.29) is 0 Å². The number of hydrogen-bond acceptors (Lipinski definition) is 1. The monoisotopic (exact) mass is 319 g/mol. The molecular weight excluding hydrogens is 301 g/mol. The maximum absolute atomic E-state index is 4.62. The molecule has 0 spiro atoms. The van der Waals surface area contributed by atoms with Crippen LogP contribution >= 0.6 is 0 Å². The Kier molecular flexibility index (Phi) is 3.33. The van der Waals surface area contributed by atoms with Crippen molar-refractivity contribution in [3.8, 4) is 11.1 Å². The van der Waals surface area contributed by atoms with Crippen LogP contribution < -0.4 is 3.71 Å². The van der Waals surface area contributed by atoms with Gasteiger partial charge in [0.25, 0.3) is 0 Å². The van der Waals surface area contributed by atoms with E-state index in [0.29, 0.717) is 0 Å². The zero-order chi connectivity index (χ0) is 11.6. The summed E-state index contributed by atoms with van der Waals surface area (Å²) in [6.45, 7) is 0. The molecule has 0 radical (unpaired) electrons. The molecule has 0 fully saturated rings.